The Bertz CT molecular complexity index is 1060. The molecule has 1 aliphatic rings. The fraction of sp³-hybridized carbons (Fsp3) is 0.333. The number of carbonyl (C=O) groups excluding carboxylic acids is 1. The molecular formula is C18H17FN4O3S. The highest BCUT2D eigenvalue weighted by molar-refractivity contribution is 7.20. The monoisotopic (exact) mass is 388 g/mol. The highest BCUT2D eigenvalue weighted by atomic mass is 32.1. The first-order valence-electron chi connectivity index (χ1n) is 8.56. The molecule has 27 heavy (non-hydrogen) atoms. The van der Waals surface area contributed by atoms with E-state index in [1.165, 1.54) is 42.6 Å². The Hall–Kier alpha value is -2.81. The lowest BCUT2D eigenvalue weighted by Gasteiger charge is -2.31. The van der Waals surface area contributed by atoms with Gasteiger partial charge in [0, 0.05) is 39.0 Å². The van der Waals surface area contributed by atoms with E-state index in [0.717, 1.165) is 9.38 Å². The van der Waals surface area contributed by atoms with Crippen LogP contribution in [0.3, 0.4) is 0 Å². The number of piperidine rings is 1. The molecule has 7 nitrogen and oxygen atoms in total. The Morgan fingerprint density at radius 2 is 2.04 bits per heavy atom. The van der Waals surface area contributed by atoms with Gasteiger partial charge < -0.3 is 9.64 Å². The number of nitrogens with zero attached hydrogens (tertiary/aromatic N) is 4. The molecule has 0 atom stereocenters. The van der Waals surface area contributed by atoms with E-state index in [4.69, 9.17) is 4.74 Å². The number of aromatic nitrogens is 3. The Balaban J connectivity index is 1.38. The molecule has 2 aromatic heterocycles. The lowest BCUT2D eigenvalue weighted by Crippen LogP contribution is -2.42. The highest BCUT2D eigenvalue weighted by Gasteiger charge is 2.26. The number of carbonyl (C=O) groups is 1. The van der Waals surface area contributed by atoms with Crippen molar-refractivity contribution in [2.24, 2.45) is 7.05 Å². The predicted molar refractivity (Wildman–Crippen MR) is 98.6 cm³/mol. The number of ether oxygens (including phenoxy) is 1. The molecule has 1 amide bonds. The summed E-state index contributed by atoms with van der Waals surface area (Å²) in [4.78, 5) is 30.0. The van der Waals surface area contributed by atoms with Crippen LogP contribution in [-0.2, 0) is 7.05 Å². The van der Waals surface area contributed by atoms with Crippen LogP contribution >= 0.6 is 11.3 Å². The normalized spacial score (nSPS) is 15.3. The first kappa shape index (κ1) is 17.6. The Labute approximate surface area is 158 Å². The van der Waals surface area contributed by atoms with Crippen LogP contribution in [0.15, 0.2) is 35.1 Å². The summed E-state index contributed by atoms with van der Waals surface area (Å²) >= 11 is 1.32. The minimum Gasteiger partial charge on any atom is -0.467 e. The number of amides is 1. The summed E-state index contributed by atoms with van der Waals surface area (Å²) < 4.78 is 21.1. The van der Waals surface area contributed by atoms with Gasteiger partial charge in [0.25, 0.3) is 16.7 Å². The number of likely N-dealkylation sites (tertiary alicyclic amines) is 1. The molecule has 0 saturated carbocycles. The van der Waals surface area contributed by atoms with Crippen LogP contribution in [-0.4, -0.2) is 44.8 Å². The highest BCUT2D eigenvalue weighted by Crippen LogP contribution is 2.30. The van der Waals surface area contributed by atoms with Gasteiger partial charge in [-0.15, -0.1) is 0 Å². The molecule has 0 unspecified atom stereocenters. The van der Waals surface area contributed by atoms with E-state index in [0.29, 0.717) is 36.6 Å². The predicted octanol–water partition coefficient (Wildman–Crippen LogP) is 2.21. The molecule has 0 radical (unpaired) electrons. The zero-order chi connectivity index (χ0) is 19.0. The zero-order valence-corrected chi connectivity index (χ0v) is 15.4. The second-order valence-electron chi connectivity index (χ2n) is 6.38. The second-order valence-corrected chi connectivity index (χ2v) is 7.37. The minimum atomic E-state index is -0.295. The summed E-state index contributed by atoms with van der Waals surface area (Å²) in [5.41, 5.74) is 0.712. The van der Waals surface area contributed by atoms with Crippen LogP contribution in [0, 0.1) is 5.82 Å². The smallest absolute Gasteiger partial charge is 0.274 e. The number of benzene rings is 1. The largest absolute Gasteiger partial charge is 0.467 e. The van der Waals surface area contributed by atoms with E-state index in [-0.39, 0.29) is 29.1 Å². The van der Waals surface area contributed by atoms with Crippen molar-refractivity contribution in [3.63, 3.8) is 0 Å². The summed E-state index contributed by atoms with van der Waals surface area (Å²) in [7, 11) is 1.52. The van der Waals surface area contributed by atoms with E-state index in [2.05, 4.69) is 10.1 Å². The van der Waals surface area contributed by atoms with Gasteiger partial charge in [0.15, 0.2) is 0 Å². The second kappa shape index (κ2) is 7.07. The number of hydrogen-bond acceptors (Lipinski definition) is 6. The first-order chi connectivity index (χ1) is 13.0. The molecule has 9 heteroatoms. The zero-order valence-electron chi connectivity index (χ0n) is 14.6. The Morgan fingerprint density at radius 1 is 1.26 bits per heavy atom. The Kier molecular flexibility index (Phi) is 4.61. The van der Waals surface area contributed by atoms with Gasteiger partial charge >= 0.3 is 0 Å². The fourth-order valence-corrected chi connectivity index (χ4v) is 3.93. The van der Waals surface area contributed by atoms with Crippen molar-refractivity contribution in [1.82, 2.24) is 19.7 Å². The average Bonchev–Trinajstić information content (AvgIpc) is 3.05. The molecular weight excluding hydrogens is 371 g/mol. The van der Waals surface area contributed by atoms with Gasteiger partial charge in [-0.05, 0) is 24.3 Å². The third-order valence-electron chi connectivity index (χ3n) is 4.51. The number of rotatable bonds is 3. The van der Waals surface area contributed by atoms with E-state index in [1.54, 1.807) is 11.0 Å². The van der Waals surface area contributed by atoms with Gasteiger partial charge in [0.1, 0.15) is 17.6 Å². The van der Waals surface area contributed by atoms with Gasteiger partial charge in [-0.3, -0.25) is 9.59 Å². The van der Waals surface area contributed by atoms with Crippen LogP contribution in [0.5, 0.6) is 5.19 Å². The molecule has 0 aliphatic carbocycles. The van der Waals surface area contributed by atoms with Crippen molar-refractivity contribution in [1.29, 1.82) is 0 Å². The molecule has 4 rings (SSSR count). The van der Waals surface area contributed by atoms with Crippen molar-refractivity contribution in [2.75, 3.05) is 13.1 Å². The minimum absolute atomic E-state index is 0.0486. The molecule has 3 aromatic rings. The summed E-state index contributed by atoms with van der Waals surface area (Å²) in [5, 5.41) is 4.52. The van der Waals surface area contributed by atoms with Crippen LogP contribution in [0.1, 0.15) is 23.3 Å². The lowest BCUT2D eigenvalue weighted by molar-refractivity contribution is 0.0588. The third kappa shape index (κ3) is 3.68. The van der Waals surface area contributed by atoms with Crippen LogP contribution in [0.25, 0.3) is 10.2 Å². The maximum Gasteiger partial charge on any atom is 0.274 e. The summed E-state index contributed by atoms with van der Waals surface area (Å²) in [6.07, 6.45) is 1.29. The molecule has 1 saturated heterocycles. The van der Waals surface area contributed by atoms with Gasteiger partial charge in [0.05, 0.1) is 10.2 Å². The molecule has 0 bridgehead atoms. The summed E-state index contributed by atoms with van der Waals surface area (Å²) in [6.45, 7) is 1.07. The van der Waals surface area contributed by atoms with Crippen LogP contribution in [0.4, 0.5) is 4.39 Å². The number of aryl methyl sites for hydroxylation is 1. The van der Waals surface area contributed by atoms with E-state index >= 15 is 0 Å². The SMILES string of the molecule is Cn1nc(C(=O)N2CCC(Oc3nc4ccc(F)cc4s3)CC2)ccc1=O. The Morgan fingerprint density at radius 3 is 2.78 bits per heavy atom. The lowest BCUT2D eigenvalue weighted by atomic mass is 10.1. The van der Waals surface area contributed by atoms with Crippen molar-refractivity contribution >= 4 is 27.5 Å². The number of halogens is 1. The molecule has 1 aliphatic heterocycles. The summed E-state index contributed by atoms with van der Waals surface area (Å²) in [5.74, 6) is -0.490. The van der Waals surface area contributed by atoms with Crippen molar-refractivity contribution < 1.29 is 13.9 Å². The molecule has 0 spiro atoms. The van der Waals surface area contributed by atoms with Gasteiger partial charge in [0.2, 0.25) is 0 Å². The van der Waals surface area contributed by atoms with Crippen molar-refractivity contribution in [3.05, 3.63) is 52.2 Å². The van der Waals surface area contributed by atoms with E-state index < -0.39 is 0 Å². The molecule has 3 heterocycles. The maximum atomic E-state index is 13.3. The molecule has 140 valence electrons. The first-order valence-corrected chi connectivity index (χ1v) is 9.37. The van der Waals surface area contributed by atoms with Crippen LogP contribution in [0.2, 0.25) is 0 Å². The average molecular weight is 388 g/mol. The topological polar surface area (TPSA) is 77.3 Å². The van der Waals surface area contributed by atoms with Gasteiger partial charge in [-0.2, -0.15) is 5.10 Å². The maximum absolute atomic E-state index is 13.3. The number of fused-ring (bicyclic) bond motifs is 1. The van der Waals surface area contributed by atoms with Gasteiger partial charge in [-0.1, -0.05) is 11.3 Å². The van der Waals surface area contributed by atoms with Crippen LogP contribution < -0.4 is 10.3 Å². The summed E-state index contributed by atoms with van der Waals surface area (Å²) in [6, 6.07) is 7.25. The van der Waals surface area contributed by atoms with Crippen molar-refractivity contribution in [3.8, 4) is 5.19 Å². The van der Waals surface area contributed by atoms with Gasteiger partial charge in [-0.25, -0.2) is 14.1 Å². The third-order valence-corrected chi connectivity index (χ3v) is 5.42. The molecule has 1 fully saturated rings. The molecule has 0 N–H and O–H groups in total. The standard InChI is InChI=1S/C18H17FN4O3S/c1-22-16(24)5-4-14(21-22)17(25)23-8-6-12(7-9-23)26-18-20-13-3-2-11(19)10-15(13)27-18/h2-5,10,12H,6-9H2,1H3. The number of thiazole rings is 1. The quantitative estimate of drug-likeness (QED) is 0.688. The fourth-order valence-electron chi connectivity index (χ4n) is 3.03. The molecule has 1 aromatic carbocycles. The van der Waals surface area contributed by atoms with E-state index in [9.17, 15) is 14.0 Å². The number of hydrogen-bond donors (Lipinski definition) is 0. The van der Waals surface area contributed by atoms with Crippen molar-refractivity contribution in [2.45, 2.75) is 18.9 Å². The van der Waals surface area contributed by atoms with E-state index in [1.807, 2.05) is 0 Å².